The van der Waals surface area contributed by atoms with E-state index < -0.39 is 12.0 Å². The third kappa shape index (κ3) is 4.86. The summed E-state index contributed by atoms with van der Waals surface area (Å²) in [5, 5.41) is 3.12. The van der Waals surface area contributed by atoms with Gasteiger partial charge in [0.15, 0.2) is 17.6 Å². The first-order valence-corrected chi connectivity index (χ1v) is 8.86. The number of nitrogens with zero attached hydrogens (tertiary/aromatic N) is 1. The maximum absolute atomic E-state index is 12.7. The molecule has 28 heavy (non-hydrogen) atoms. The van der Waals surface area contributed by atoms with Gasteiger partial charge in [0.1, 0.15) is 5.75 Å². The van der Waals surface area contributed by atoms with Gasteiger partial charge < -0.3 is 24.4 Å². The van der Waals surface area contributed by atoms with Gasteiger partial charge in [0, 0.05) is 20.2 Å². The number of hydrogen-bond donors (Lipinski definition) is 1. The topological polar surface area (TPSA) is 77.1 Å². The first kappa shape index (κ1) is 21.4. The van der Waals surface area contributed by atoms with Crippen LogP contribution in [0.25, 0.3) is 0 Å². The number of benzene rings is 2. The summed E-state index contributed by atoms with van der Waals surface area (Å²) in [5.41, 5.74) is 0.553. The lowest BCUT2D eigenvalue weighted by Crippen LogP contribution is -2.31. The SMILES string of the molecule is COc1cc(NC(=O)C(C)Oc2ccccc2Cl)c(C(=O)N(C)C)cc1OC. The van der Waals surface area contributed by atoms with Crippen LogP contribution < -0.4 is 19.5 Å². The number of hydrogen-bond acceptors (Lipinski definition) is 5. The maximum Gasteiger partial charge on any atom is 0.265 e. The molecule has 7 nitrogen and oxygen atoms in total. The molecule has 2 aromatic rings. The molecule has 0 bridgehead atoms. The monoisotopic (exact) mass is 406 g/mol. The Bertz CT molecular complexity index is 870. The second kappa shape index (κ2) is 9.32. The Labute approximate surface area is 169 Å². The molecule has 8 heteroatoms. The molecule has 0 saturated carbocycles. The quantitative estimate of drug-likeness (QED) is 0.761. The van der Waals surface area contributed by atoms with E-state index in [1.807, 2.05) is 0 Å². The molecule has 0 aromatic heterocycles. The standard InChI is InChI=1S/C20H23ClN2O5/c1-12(28-16-9-7-6-8-14(16)21)19(24)22-15-11-18(27-5)17(26-4)10-13(15)20(25)23(2)3/h6-12H,1-5H3,(H,22,24). The first-order valence-electron chi connectivity index (χ1n) is 8.48. The third-order valence-electron chi connectivity index (χ3n) is 3.93. The normalized spacial score (nSPS) is 11.4. The fourth-order valence-corrected chi connectivity index (χ4v) is 2.60. The molecule has 2 aromatic carbocycles. The van der Waals surface area contributed by atoms with Crippen LogP contribution in [0.2, 0.25) is 5.02 Å². The first-order chi connectivity index (χ1) is 13.3. The summed E-state index contributed by atoms with van der Waals surface area (Å²) in [6, 6.07) is 9.93. The van der Waals surface area contributed by atoms with Crippen molar-refractivity contribution in [1.82, 2.24) is 4.90 Å². The lowest BCUT2D eigenvalue weighted by Gasteiger charge is -2.20. The minimum Gasteiger partial charge on any atom is -0.493 e. The molecule has 0 fully saturated rings. The highest BCUT2D eigenvalue weighted by Gasteiger charge is 2.22. The molecule has 1 unspecified atom stereocenters. The van der Waals surface area contributed by atoms with Crippen molar-refractivity contribution >= 4 is 29.1 Å². The van der Waals surface area contributed by atoms with Crippen molar-refractivity contribution < 1.29 is 23.8 Å². The second-order valence-corrected chi connectivity index (χ2v) is 6.54. The summed E-state index contributed by atoms with van der Waals surface area (Å²) in [7, 11) is 6.18. The van der Waals surface area contributed by atoms with E-state index >= 15 is 0 Å². The number of nitrogens with one attached hydrogen (secondary N) is 1. The van der Waals surface area contributed by atoms with E-state index in [0.29, 0.717) is 22.3 Å². The molecule has 0 saturated heterocycles. The third-order valence-corrected chi connectivity index (χ3v) is 4.24. The van der Waals surface area contributed by atoms with E-state index in [1.165, 1.54) is 31.3 Å². The van der Waals surface area contributed by atoms with Crippen LogP contribution in [0.3, 0.4) is 0 Å². The van der Waals surface area contributed by atoms with Crippen molar-refractivity contribution in [3.8, 4) is 17.2 Å². The highest BCUT2D eigenvalue weighted by atomic mass is 35.5. The van der Waals surface area contributed by atoms with Crippen molar-refractivity contribution in [3.63, 3.8) is 0 Å². The number of methoxy groups -OCH3 is 2. The van der Waals surface area contributed by atoms with Crippen LogP contribution in [-0.4, -0.2) is 51.1 Å². The van der Waals surface area contributed by atoms with Crippen molar-refractivity contribution in [2.75, 3.05) is 33.6 Å². The predicted octanol–water partition coefficient (Wildman–Crippen LogP) is 3.47. The number of para-hydroxylation sites is 1. The van der Waals surface area contributed by atoms with Crippen LogP contribution in [0, 0.1) is 0 Å². The summed E-state index contributed by atoms with van der Waals surface area (Å²) in [6.07, 6.45) is -0.852. The summed E-state index contributed by atoms with van der Waals surface area (Å²) in [5.74, 6) is 0.415. The number of carbonyl (C=O) groups excluding carboxylic acids is 2. The van der Waals surface area contributed by atoms with Crippen LogP contribution >= 0.6 is 11.6 Å². The Morgan fingerprint density at radius 3 is 2.21 bits per heavy atom. The highest BCUT2D eigenvalue weighted by Crippen LogP contribution is 2.34. The van der Waals surface area contributed by atoms with E-state index in [0.717, 1.165) is 0 Å². The zero-order valence-corrected chi connectivity index (χ0v) is 17.2. The van der Waals surface area contributed by atoms with Crippen molar-refractivity contribution in [2.45, 2.75) is 13.0 Å². The molecule has 0 radical (unpaired) electrons. The number of rotatable bonds is 7. The maximum atomic E-state index is 12.7. The summed E-state index contributed by atoms with van der Waals surface area (Å²) >= 11 is 6.07. The molecular weight excluding hydrogens is 384 g/mol. The summed E-state index contributed by atoms with van der Waals surface area (Å²) in [6.45, 7) is 1.59. The second-order valence-electron chi connectivity index (χ2n) is 6.13. The minimum atomic E-state index is -0.852. The predicted molar refractivity (Wildman–Crippen MR) is 108 cm³/mol. The summed E-state index contributed by atoms with van der Waals surface area (Å²) in [4.78, 5) is 26.6. The van der Waals surface area contributed by atoms with Crippen molar-refractivity contribution in [2.24, 2.45) is 0 Å². The Morgan fingerprint density at radius 1 is 1.04 bits per heavy atom. The molecule has 0 spiro atoms. The molecule has 0 aliphatic heterocycles. The van der Waals surface area contributed by atoms with Gasteiger partial charge in [-0.05, 0) is 25.1 Å². The van der Waals surface area contributed by atoms with Gasteiger partial charge in [0.25, 0.3) is 11.8 Å². The number of carbonyl (C=O) groups is 2. The molecule has 0 aliphatic rings. The Morgan fingerprint density at radius 2 is 1.64 bits per heavy atom. The number of amides is 2. The average molecular weight is 407 g/mol. The van der Waals surface area contributed by atoms with Gasteiger partial charge in [0.05, 0.1) is 30.5 Å². The van der Waals surface area contributed by atoms with Crippen molar-refractivity contribution in [1.29, 1.82) is 0 Å². The van der Waals surface area contributed by atoms with Crippen LogP contribution in [0.1, 0.15) is 17.3 Å². The lowest BCUT2D eigenvalue weighted by molar-refractivity contribution is -0.122. The lowest BCUT2D eigenvalue weighted by atomic mass is 10.1. The number of halogens is 1. The van der Waals surface area contributed by atoms with Gasteiger partial charge >= 0.3 is 0 Å². The van der Waals surface area contributed by atoms with Gasteiger partial charge in [0.2, 0.25) is 0 Å². The fraction of sp³-hybridized carbons (Fsp3) is 0.300. The van der Waals surface area contributed by atoms with Crippen molar-refractivity contribution in [3.05, 3.63) is 47.0 Å². The van der Waals surface area contributed by atoms with E-state index in [4.69, 9.17) is 25.8 Å². The Kier molecular flexibility index (Phi) is 7.12. The molecule has 0 heterocycles. The van der Waals surface area contributed by atoms with Gasteiger partial charge in [-0.1, -0.05) is 23.7 Å². The molecule has 150 valence electrons. The molecule has 2 rings (SSSR count). The molecule has 1 N–H and O–H groups in total. The summed E-state index contributed by atoms with van der Waals surface area (Å²) < 4.78 is 16.2. The average Bonchev–Trinajstić information content (AvgIpc) is 2.68. The van der Waals surface area contributed by atoms with Gasteiger partial charge in [-0.2, -0.15) is 0 Å². The fourth-order valence-electron chi connectivity index (χ4n) is 2.42. The van der Waals surface area contributed by atoms with E-state index in [9.17, 15) is 9.59 Å². The zero-order valence-electron chi connectivity index (χ0n) is 16.4. The molecule has 1 atom stereocenters. The van der Waals surface area contributed by atoms with Crippen LogP contribution in [0.4, 0.5) is 5.69 Å². The molecule has 0 aliphatic carbocycles. The van der Waals surface area contributed by atoms with Crippen LogP contribution in [0.5, 0.6) is 17.2 Å². The van der Waals surface area contributed by atoms with E-state index in [2.05, 4.69) is 5.32 Å². The smallest absolute Gasteiger partial charge is 0.265 e. The number of anilines is 1. The number of ether oxygens (including phenoxy) is 3. The zero-order chi connectivity index (χ0) is 20.8. The van der Waals surface area contributed by atoms with Crippen LogP contribution in [0.15, 0.2) is 36.4 Å². The van der Waals surface area contributed by atoms with Crippen LogP contribution in [-0.2, 0) is 4.79 Å². The van der Waals surface area contributed by atoms with Gasteiger partial charge in [-0.3, -0.25) is 9.59 Å². The molecule has 2 amide bonds. The Hall–Kier alpha value is -2.93. The highest BCUT2D eigenvalue weighted by molar-refractivity contribution is 6.32. The largest absolute Gasteiger partial charge is 0.493 e. The van der Waals surface area contributed by atoms with Gasteiger partial charge in [-0.25, -0.2) is 0 Å². The van der Waals surface area contributed by atoms with E-state index in [1.54, 1.807) is 45.3 Å². The van der Waals surface area contributed by atoms with Gasteiger partial charge in [-0.15, -0.1) is 0 Å². The van der Waals surface area contributed by atoms with E-state index in [-0.39, 0.29) is 17.2 Å². The Balaban J connectivity index is 2.31. The minimum absolute atomic E-state index is 0.265. The molecular formula is C20H23ClN2O5.